The molecule has 0 aliphatic rings. The van der Waals surface area contributed by atoms with Gasteiger partial charge in [-0.2, -0.15) is 0 Å². The number of primary amides is 1. The van der Waals surface area contributed by atoms with Crippen LogP contribution in [0.1, 0.15) is 15.9 Å². The minimum atomic E-state index is -0.482. The van der Waals surface area contributed by atoms with E-state index in [0.717, 1.165) is 22.3 Å². The smallest absolute Gasteiger partial charge is 0.248 e. The van der Waals surface area contributed by atoms with Crippen molar-refractivity contribution in [2.75, 3.05) is 5.32 Å². The number of anilines is 2. The molecule has 0 radical (unpaired) electrons. The van der Waals surface area contributed by atoms with Gasteiger partial charge >= 0.3 is 0 Å². The summed E-state index contributed by atoms with van der Waals surface area (Å²) < 4.78 is 1.86. The van der Waals surface area contributed by atoms with Gasteiger partial charge in [-0.3, -0.25) is 9.20 Å². The lowest BCUT2D eigenvalue weighted by Gasteiger charge is -2.13. The van der Waals surface area contributed by atoms with Crippen molar-refractivity contribution in [3.8, 4) is 0 Å². The molecule has 0 saturated heterocycles. The van der Waals surface area contributed by atoms with Crippen molar-refractivity contribution in [1.29, 1.82) is 0 Å². The molecule has 0 fully saturated rings. The van der Waals surface area contributed by atoms with Crippen molar-refractivity contribution < 1.29 is 4.79 Å². The summed E-state index contributed by atoms with van der Waals surface area (Å²) in [7, 11) is 0. The second-order valence-electron chi connectivity index (χ2n) is 5.73. The molecule has 0 aliphatic carbocycles. The number of hydrogen-bond donors (Lipinski definition) is 2. The van der Waals surface area contributed by atoms with Crippen LogP contribution in [-0.4, -0.2) is 20.3 Å². The number of aromatic nitrogens is 3. The zero-order valence-corrected chi connectivity index (χ0v) is 14.1. The van der Waals surface area contributed by atoms with Crippen molar-refractivity contribution in [2.24, 2.45) is 5.73 Å². The fourth-order valence-electron chi connectivity index (χ4n) is 2.80. The Kier molecular flexibility index (Phi) is 3.54. The molecule has 0 saturated carbocycles. The third kappa shape index (κ3) is 2.56. The molecule has 2 heterocycles. The first-order valence-corrected chi connectivity index (χ1v) is 8.00. The van der Waals surface area contributed by atoms with Crippen molar-refractivity contribution in [3.63, 3.8) is 0 Å². The molecular formula is C18H14ClN5O. The van der Waals surface area contributed by atoms with Gasteiger partial charge in [0.25, 0.3) is 0 Å². The van der Waals surface area contributed by atoms with Gasteiger partial charge in [0, 0.05) is 5.56 Å². The van der Waals surface area contributed by atoms with E-state index in [1.807, 2.05) is 29.5 Å². The van der Waals surface area contributed by atoms with Crippen LogP contribution < -0.4 is 11.1 Å². The maximum atomic E-state index is 11.5. The molecule has 124 valence electrons. The second-order valence-corrected chi connectivity index (χ2v) is 6.14. The van der Waals surface area contributed by atoms with Crippen LogP contribution in [0.25, 0.3) is 16.6 Å². The molecule has 2 aromatic carbocycles. The molecule has 3 N–H and O–H groups in total. The van der Waals surface area contributed by atoms with E-state index >= 15 is 0 Å². The molecule has 1 amide bonds. The summed E-state index contributed by atoms with van der Waals surface area (Å²) in [6.45, 7) is 1.97. The molecule has 0 bridgehead atoms. The fraction of sp³-hybridized carbons (Fsp3) is 0.0556. The van der Waals surface area contributed by atoms with Crippen molar-refractivity contribution in [2.45, 2.75) is 6.92 Å². The Morgan fingerprint density at radius 1 is 1.24 bits per heavy atom. The van der Waals surface area contributed by atoms with E-state index in [1.54, 1.807) is 30.7 Å². The number of nitrogens with one attached hydrogen (secondary N) is 1. The number of carbonyl (C=O) groups excluding carboxylic acids is 1. The number of amides is 1. The SMILES string of the molecule is Cc1cccc(Cl)c1Nc1nc2ccc(C(N)=O)cc2n2cncc12. The summed E-state index contributed by atoms with van der Waals surface area (Å²) in [5.74, 6) is 0.150. The maximum absolute atomic E-state index is 11.5. The molecule has 7 heteroatoms. The third-order valence-electron chi connectivity index (χ3n) is 4.10. The van der Waals surface area contributed by atoms with Crippen LogP contribution in [0.4, 0.5) is 11.5 Å². The monoisotopic (exact) mass is 351 g/mol. The average Bonchev–Trinajstić information content (AvgIpc) is 3.08. The van der Waals surface area contributed by atoms with Gasteiger partial charge in [-0.1, -0.05) is 23.7 Å². The average molecular weight is 352 g/mol. The Morgan fingerprint density at radius 2 is 2.08 bits per heavy atom. The van der Waals surface area contributed by atoms with E-state index in [2.05, 4.69) is 15.3 Å². The lowest BCUT2D eigenvalue weighted by molar-refractivity contribution is 0.100. The lowest BCUT2D eigenvalue weighted by atomic mass is 10.1. The maximum Gasteiger partial charge on any atom is 0.248 e. The van der Waals surface area contributed by atoms with Gasteiger partial charge in [0.2, 0.25) is 5.91 Å². The molecule has 6 nitrogen and oxygen atoms in total. The van der Waals surface area contributed by atoms with Crippen LogP contribution in [0.5, 0.6) is 0 Å². The van der Waals surface area contributed by atoms with Gasteiger partial charge in [-0.25, -0.2) is 9.97 Å². The number of nitrogens with two attached hydrogens (primary N) is 1. The highest BCUT2D eigenvalue weighted by Gasteiger charge is 2.13. The molecule has 4 rings (SSSR count). The topological polar surface area (TPSA) is 85.3 Å². The Labute approximate surface area is 148 Å². The number of hydrogen-bond acceptors (Lipinski definition) is 4. The van der Waals surface area contributed by atoms with E-state index in [4.69, 9.17) is 17.3 Å². The number of para-hydroxylation sites is 1. The minimum absolute atomic E-state index is 0.423. The Balaban J connectivity index is 1.94. The summed E-state index contributed by atoms with van der Waals surface area (Å²) in [6, 6.07) is 10.8. The number of rotatable bonds is 3. The number of nitrogens with zero attached hydrogens (tertiary/aromatic N) is 3. The number of benzene rings is 2. The summed E-state index contributed by atoms with van der Waals surface area (Å²) in [6.07, 6.45) is 3.38. The van der Waals surface area contributed by atoms with E-state index in [-0.39, 0.29) is 0 Å². The standard InChI is InChI=1S/C18H14ClN5O/c1-10-3-2-4-12(19)16(10)23-18-15-8-21-9-24(15)14-7-11(17(20)25)5-6-13(14)22-18/h2-9H,1H3,(H2,20,25)(H,22,23). The molecule has 0 atom stereocenters. The number of aryl methyl sites for hydroxylation is 1. The summed E-state index contributed by atoms with van der Waals surface area (Å²) in [5.41, 5.74) is 9.85. The minimum Gasteiger partial charge on any atom is -0.366 e. The van der Waals surface area contributed by atoms with Gasteiger partial charge in [-0.15, -0.1) is 0 Å². The molecule has 0 spiro atoms. The van der Waals surface area contributed by atoms with Crippen LogP contribution in [0.2, 0.25) is 5.02 Å². The predicted molar refractivity (Wildman–Crippen MR) is 98.5 cm³/mol. The van der Waals surface area contributed by atoms with Gasteiger partial charge < -0.3 is 11.1 Å². The molecule has 0 unspecified atom stereocenters. The predicted octanol–water partition coefficient (Wildman–Crippen LogP) is 3.69. The van der Waals surface area contributed by atoms with Crippen LogP contribution in [0.3, 0.4) is 0 Å². The highest BCUT2D eigenvalue weighted by atomic mass is 35.5. The lowest BCUT2D eigenvalue weighted by Crippen LogP contribution is -2.11. The fourth-order valence-corrected chi connectivity index (χ4v) is 3.07. The van der Waals surface area contributed by atoms with Crippen LogP contribution in [0, 0.1) is 6.92 Å². The summed E-state index contributed by atoms with van der Waals surface area (Å²) in [4.78, 5) is 20.3. The Hall–Kier alpha value is -3.12. The Bertz CT molecular complexity index is 1110. The largest absolute Gasteiger partial charge is 0.366 e. The van der Waals surface area contributed by atoms with Gasteiger partial charge in [-0.05, 0) is 36.8 Å². The van der Waals surface area contributed by atoms with Crippen molar-refractivity contribution >= 4 is 45.6 Å². The molecule has 25 heavy (non-hydrogen) atoms. The number of imidazole rings is 1. The van der Waals surface area contributed by atoms with E-state index in [0.29, 0.717) is 21.9 Å². The molecule has 4 aromatic rings. The first kappa shape index (κ1) is 15.4. The van der Waals surface area contributed by atoms with Gasteiger partial charge in [0.1, 0.15) is 5.52 Å². The first-order valence-electron chi connectivity index (χ1n) is 7.62. The zero-order valence-electron chi connectivity index (χ0n) is 13.3. The highest BCUT2D eigenvalue weighted by molar-refractivity contribution is 6.33. The zero-order chi connectivity index (χ0) is 17.6. The van der Waals surface area contributed by atoms with E-state index in [9.17, 15) is 4.79 Å². The van der Waals surface area contributed by atoms with Gasteiger partial charge in [0.15, 0.2) is 5.82 Å². The summed E-state index contributed by atoms with van der Waals surface area (Å²) in [5, 5.41) is 3.92. The van der Waals surface area contributed by atoms with Gasteiger partial charge in [0.05, 0.1) is 34.3 Å². The van der Waals surface area contributed by atoms with Crippen LogP contribution >= 0.6 is 11.6 Å². The Morgan fingerprint density at radius 3 is 2.84 bits per heavy atom. The highest BCUT2D eigenvalue weighted by Crippen LogP contribution is 2.31. The third-order valence-corrected chi connectivity index (χ3v) is 4.41. The summed E-state index contributed by atoms with van der Waals surface area (Å²) >= 11 is 6.31. The van der Waals surface area contributed by atoms with Crippen LogP contribution in [-0.2, 0) is 0 Å². The second kappa shape index (κ2) is 5.75. The van der Waals surface area contributed by atoms with E-state index in [1.165, 1.54) is 0 Å². The number of fused-ring (bicyclic) bond motifs is 3. The number of halogens is 1. The van der Waals surface area contributed by atoms with Crippen molar-refractivity contribution in [3.05, 3.63) is 65.1 Å². The normalized spacial score (nSPS) is 11.1. The van der Waals surface area contributed by atoms with E-state index < -0.39 is 5.91 Å². The molecule has 0 aliphatic heterocycles. The molecular weight excluding hydrogens is 338 g/mol. The number of carbonyl (C=O) groups is 1. The van der Waals surface area contributed by atoms with Crippen LogP contribution in [0.15, 0.2) is 48.9 Å². The van der Waals surface area contributed by atoms with Crippen molar-refractivity contribution in [1.82, 2.24) is 14.4 Å². The first-order chi connectivity index (χ1) is 12.0. The quantitative estimate of drug-likeness (QED) is 0.589. The molecule has 2 aromatic heterocycles.